The standard InChI is InChI=1S/C16H9F6N3/c17-15(18,19)12-3-1-10(2-4-12)11-7-13(16(20,21)22)24-14(8-11)25-6-5-23-9-25/h1-9H. The Kier molecular flexibility index (Phi) is 4.02. The molecule has 0 bridgehead atoms. The Labute approximate surface area is 137 Å². The van der Waals surface area contributed by atoms with Crippen molar-refractivity contribution in [3.63, 3.8) is 0 Å². The zero-order valence-electron chi connectivity index (χ0n) is 12.3. The predicted molar refractivity (Wildman–Crippen MR) is 76.8 cm³/mol. The van der Waals surface area contributed by atoms with Crippen LogP contribution in [0.5, 0.6) is 0 Å². The SMILES string of the molecule is FC(F)(F)c1ccc(-c2cc(-n3ccnc3)nc(C(F)(F)F)c2)cc1. The van der Waals surface area contributed by atoms with E-state index < -0.39 is 23.6 Å². The van der Waals surface area contributed by atoms with Crippen LogP contribution in [0.25, 0.3) is 16.9 Å². The maximum atomic E-state index is 13.1. The predicted octanol–water partition coefficient (Wildman–Crippen LogP) is 4.97. The molecule has 0 aliphatic carbocycles. The van der Waals surface area contributed by atoms with Crippen LogP contribution >= 0.6 is 0 Å². The molecule has 9 heteroatoms. The van der Waals surface area contributed by atoms with Crippen molar-refractivity contribution in [3.8, 4) is 16.9 Å². The van der Waals surface area contributed by atoms with Crippen LogP contribution in [0.15, 0.2) is 55.1 Å². The number of alkyl halides is 6. The first-order valence-electron chi connectivity index (χ1n) is 6.90. The lowest BCUT2D eigenvalue weighted by molar-refractivity contribution is -0.141. The smallest absolute Gasteiger partial charge is 0.290 e. The number of aromatic nitrogens is 3. The number of nitrogens with zero attached hydrogens (tertiary/aromatic N) is 3. The molecule has 0 spiro atoms. The molecule has 0 radical (unpaired) electrons. The van der Waals surface area contributed by atoms with Crippen molar-refractivity contribution < 1.29 is 26.3 Å². The van der Waals surface area contributed by atoms with E-state index in [1.165, 1.54) is 29.4 Å². The summed E-state index contributed by atoms with van der Waals surface area (Å²) in [5, 5.41) is 0. The van der Waals surface area contributed by atoms with Crippen LogP contribution in [-0.4, -0.2) is 14.5 Å². The van der Waals surface area contributed by atoms with Gasteiger partial charge in [0.1, 0.15) is 17.8 Å². The minimum atomic E-state index is -4.70. The van der Waals surface area contributed by atoms with E-state index in [2.05, 4.69) is 9.97 Å². The van der Waals surface area contributed by atoms with E-state index in [1.807, 2.05) is 0 Å². The van der Waals surface area contributed by atoms with E-state index in [0.717, 1.165) is 30.3 Å². The monoisotopic (exact) mass is 357 g/mol. The Balaban J connectivity index is 2.10. The summed E-state index contributed by atoms with van der Waals surface area (Å²) >= 11 is 0. The van der Waals surface area contributed by atoms with E-state index in [9.17, 15) is 26.3 Å². The Morgan fingerprint density at radius 3 is 2.00 bits per heavy atom. The van der Waals surface area contributed by atoms with E-state index in [0.29, 0.717) is 0 Å². The van der Waals surface area contributed by atoms with Gasteiger partial charge in [-0.05, 0) is 35.4 Å². The van der Waals surface area contributed by atoms with Crippen molar-refractivity contribution in [2.24, 2.45) is 0 Å². The fourth-order valence-electron chi connectivity index (χ4n) is 2.21. The van der Waals surface area contributed by atoms with Gasteiger partial charge >= 0.3 is 12.4 Å². The number of pyridine rings is 1. The lowest BCUT2D eigenvalue weighted by Gasteiger charge is -2.12. The summed E-state index contributed by atoms with van der Waals surface area (Å²) < 4.78 is 78.4. The second kappa shape index (κ2) is 5.91. The van der Waals surface area contributed by atoms with Gasteiger partial charge in [0.15, 0.2) is 0 Å². The normalized spacial score (nSPS) is 12.4. The Hall–Kier alpha value is -2.84. The lowest BCUT2D eigenvalue weighted by atomic mass is 10.0. The molecule has 3 rings (SSSR count). The zero-order chi connectivity index (χ0) is 18.2. The largest absolute Gasteiger partial charge is 0.433 e. The second-order valence-electron chi connectivity index (χ2n) is 5.14. The maximum Gasteiger partial charge on any atom is 0.433 e. The van der Waals surface area contributed by atoms with Crippen molar-refractivity contribution in [2.75, 3.05) is 0 Å². The van der Waals surface area contributed by atoms with Gasteiger partial charge in [-0.25, -0.2) is 9.97 Å². The molecule has 25 heavy (non-hydrogen) atoms. The average Bonchev–Trinajstić information content (AvgIpc) is 3.07. The highest BCUT2D eigenvalue weighted by molar-refractivity contribution is 5.66. The molecule has 0 fully saturated rings. The number of hydrogen-bond acceptors (Lipinski definition) is 2. The lowest BCUT2D eigenvalue weighted by Crippen LogP contribution is -2.10. The Bertz CT molecular complexity index is 864. The molecule has 0 aliphatic heterocycles. The highest BCUT2D eigenvalue weighted by Crippen LogP contribution is 2.34. The number of halogens is 6. The van der Waals surface area contributed by atoms with Gasteiger partial charge in [-0.3, -0.25) is 4.57 Å². The Morgan fingerprint density at radius 2 is 1.48 bits per heavy atom. The number of imidazole rings is 1. The van der Waals surface area contributed by atoms with Crippen molar-refractivity contribution in [2.45, 2.75) is 12.4 Å². The molecule has 0 saturated heterocycles. The first kappa shape index (κ1) is 17.0. The first-order valence-corrected chi connectivity index (χ1v) is 6.90. The molecule has 0 aliphatic rings. The topological polar surface area (TPSA) is 30.7 Å². The quantitative estimate of drug-likeness (QED) is 0.606. The number of rotatable bonds is 2. The summed E-state index contributed by atoms with van der Waals surface area (Å²) in [5.41, 5.74) is -1.72. The highest BCUT2D eigenvalue weighted by Gasteiger charge is 2.34. The molecule has 0 atom stereocenters. The van der Waals surface area contributed by atoms with Crippen molar-refractivity contribution in [1.82, 2.24) is 14.5 Å². The third kappa shape index (κ3) is 3.65. The summed E-state index contributed by atoms with van der Waals surface area (Å²) in [4.78, 5) is 7.30. The first-order chi connectivity index (χ1) is 11.6. The van der Waals surface area contributed by atoms with Gasteiger partial charge in [0.2, 0.25) is 0 Å². The minimum absolute atomic E-state index is 0.0396. The van der Waals surface area contributed by atoms with Gasteiger partial charge in [0, 0.05) is 12.4 Å². The molecule has 130 valence electrons. The van der Waals surface area contributed by atoms with Gasteiger partial charge in [-0.2, -0.15) is 26.3 Å². The average molecular weight is 357 g/mol. The zero-order valence-corrected chi connectivity index (χ0v) is 12.3. The molecule has 0 unspecified atom stereocenters. The van der Waals surface area contributed by atoms with Crippen LogP contribution in [0, 0.1) is 0 Å². The third-order valence-corrected chi connectivity index (χ3v) is 3.42. The number of benzene rings is 1. The summed E-state index contributed by atoms with van der Waals surface area (Å²) in [6.45, 7) is 0. The maximum absolute atomic E-state index is 13.1. The van der Waals surface area contributed by atoms with E-state index in [4.69, 9.17) is 0 Å². The molecule has 3 nitrogen and oxygen atoms in total. The van der Waals surface area contributed by atoms with Crippen LogP contribution < -0.4 is 0 Å². The van der Waals surface area contributed by atoms with Crippen LogP contribution in [0.2, 0.25) is 0 Å². The summed E-state index contributed by atoms with van der Waals surface area (Å²) in [5.74, 6) is -0.0396. The number of hydrogen-bond donors (Lipinski definition) is 0. The molecular formula is C16H9F6N3. The van der Waals surface area contributed by atoms with Crippen molar-refractivity contribution in [1.29, 1.82) is 0 Å². The molecule has 1 aromatic carbocycles. The van der Waals surface area contributed by atoms with Gasteiger partial charge in [0.05, 0.1) is 5.56 Å². The van der Waals surface area contributed by atoms with Crippen LogP contribution in [0.1, 0.15) is 11.3 Å². The molecule has 2 heterocycles. The molecule has 3 aromatic rings. The van der Waals surface area contributed by atoms with Crippen molar-refractivity contribution >= 4 is 0 Å². The summed E-state index contributed by atoms with van der Waals surface area (Å²) in [6, 6.07) is 6.02. The van der Waals surface area contributed by atoms with Crippen molar-refractivity contribution in [3.05, 3.63) is 66.4 Å². The fraction of sp³-hybridized carbons (Fsp3) is 0.125. The van der Waals surface area contributed by atoms with E-state index in [1.54, 1.807) is 0 Å². The second-order valence-corrected chi connectivity index (χ2v) is 5.14. The van der Waals surface area contributed by atoms with Crippen LogP contribution in [0.3, 0.4) is 0 Å². The van der Waals surface area contributed by atoms with E-state index in [-0.39, 0.29) is 16.9 Å². The van der Waals surface area contributed by atoms with Gasteiger partial charge < -0.3 is 0 Å². The fourth-order valence-corrected chi connectivity index (χ4v) is 2.21. The van der Waals surface area contributed by atoms with Gasteiger partial charge in [-0.15, -0.1) is 0 Å². The Morgan fingerprint density at radius 1 is 0.800 bits per heavy atom. The van der Waals surface area contributed by atoms with Crippen LogP contribution in [0.4, 0.5) is 26.3 Å². The molecular weight excluding hydrogens is 348 g/mol. The minimum Gasteiger partial charge on any atom is -0.290 e. The molecule has 2 aromatic heterocycles. The molecule has 0 amide bonds. The third-order valence-electron chi connectivity index (χ3n) is 3.42. The van der Waals surface area contributed by atoms with E-state index >= 15 is 0 Å². The van der Waals surface area contributed by atoms with Gasteiger partial charge in [-0.1, -0.05) is 12.1 Å². The summed E-state index contributed by atoms with van der Waals surface area (Å²) in [7, 11) is 0. The highest BCUT2D eigenvalue weighted by atomic mass is 19.4. The van der Waals surface area contributed by atoms with Crippen LogP contribution in [-0.2, 0) is 12.4 Å². The van der Waals surface area contributed by atoms with Gasteiger partial charge in [0.25, 0.3) is 0 Å². The molecule has 0 N–H and O–H groups in total. The molecule has 0 saturated carbocycles. The summed E-state index contributed by atoms with van der Waals surface area (Å²) in [6.07, 6.45) is -5.15.